The van der Waals surface area contributed by atoms with Gasteiger partial charge in [-0.2, -0.15) is 0 Å². The van der Waals surface area contributed by atoms with E-state index in [0.717, 1.165) is 62.9 Å². The van der Waals surface area contributed by atoms with E-state index in [-0.39, 0.29) is 0 Å². The molecule has 5 heteroatoms. The van der Waals surface area contributed by atoms with Crippen LogP contribution in [0.15, 0.2) is 0 Å². The Kier molecular flexibility index (Phi) is 29.7. The molecule has 0 atom stereocenters. The molecular formula is C36H76N2O3. The molecule has 0 saturated carbocycles. The van der Waals surface area contributed by atoms with Crippen molar-refractivity contribution in [3.63, 3.8) is 0 Å². The van der Waals surface area contributed by atoms with Crippen molar-refractivity contribution in [2.45, 2.75) is 176 Å². The topological polar surface area (TPSA) is 65.7 Å². The molecule has 0 amide bonds. The zero-order chi connectivity index (χ0) is 30.4. The highest BCUT2D eigenvalue weighted by molar-refractivity contribution is 4.64. The van der Waals surface area contributed by atoms with Crippen LogP contribution in [0, 0.1) is 17.8 Å². The van der Waals surface area contributed by atoms with Gasteiger partial charge in [-0.1, -0.05) is 138 Å². The number of ether oxygens (including phenoxy) is 3. The summed E-state index contributed by atoms with van der Waals surface area (Å²) in [4.78, 5) is 0. The Morgan fingerprint density at radius 1 is 0.463 bits per heavy atom. The lowest BCUT2D eigenvalue weighted by Crippen LogP contribution is -2.43. The standard InChI is InChI=1S/C36H76N2O3/c1-33(2)23-16-10-7-13-19-30-39-36(26-29-38-28-22-27-37,40-31-20-14-8-11-17-24-34(3)4)41-32-21-15-9-12-18-25-35(5)6/h33-35,38H,7-32,37H2,1-6H3. The summed E-state index contributed by atoms with van der Waals surface area (Å²) in [5.74, 6) is 1.51. The van der Waals surface area contributed by atoms with Gasteiger partial charge in [0.2, 0.25) is 0 Å². The highest BCUT2D eigenvalue weighted by Gasteiger charge is 2.33. The molecule has 0 spiro atoms. The van der Waals surface area contributed by atoms with Crippen molar-refractivity contribution in [1.82, 2.24) is 5.32 Å². The predicted molar refractivity (Wildman–Crippen MR) is 179 cm³/mol. The van der Waals surface area contributed by atoms with Gasteiger partial charge in [0.15, 0.2) is 0 Å². The molecular weight excluding hydrogens is 508 g/mol. The van der Waals surface area contributed by atoms with E-state index in [9.17, 15) is 0 Å². The monoisotopic (exact) mass is 585 g/mol. The molecule has 0 aliphatic heterocycles. The smallest absolute Gasteiger partial charge is 0.284 e. The van der Waals surface area contributed by atoms with E-state index in [1.54, 1.807) is 0 Å². The highest BCUT2D eigenvalue weighted by atomic mass is 16.9. The van der Waals surface area contributed by atoms with E-state index in [1.807, 2.05) is 0 Å². The average molecular weight is 585 g/mol. The lowest BCUT2D eigenvalue weighted by atomic mass is 10.0. The number of hydrogen-bond donors (Lipinski definition) is 2. The molecule has 5 nitrogen and oxygen atoms in total. The predicted octanol–water partition coefficient (Wildman–Crippen LogP) is 10.0. The fraction of sp³-hybridized carbons (Fsp3) is 1.00. The summed E-state index contributed by atoms with van der Waals surface area (Å²) in [5.41, 5.74) is 5.70. The zero-order valence-corrected chi connectivity index (χ0v) is 28.9. The third-order valence-electron chi connectivity index (χ3n) is 7.91. The quantitative estimate of drug-likeness (QED) is 0.0593. The number of hydrogen-bond acceptors (Lipinski definition) is 5. The summed E-state index contributed by atoms with van der Waals surface area (Å²) < 4.78 is 19.5. The molecule has 248 valence electrons. The molecule has 0 unspecified atom stereocenters. The molecule has 0 fully saturated rings. The van der Waals surface area contributed by atoms with Gasteiger partial charge in [0.05, 0.1) is 19.8 Å². The Labute approximate surface area is 258 Å². The minimum atomic E-state index is -0.928. The van der Waals surface area contributed by atoms with Gasteiger partial charge in [-0.05, 0) is 56.5 Å². The third-order valence-corrected chi connectivity index (χ3v) is 7.91. The van der Waals surface area contributed by atoms with Crippen LogP contribution in [0.3, 0.4) is 0 Å². The fourth-order valence-electron chi connectivity index (χ4n) is 5.17. The van der Waals surface area contributed by atoms with Crippen LogP contribution in [0.25, 0.3) is 0 Å². The van der Waals surface area contributed by atoms with Crippen LogP contribution in [-0.4, -0.2) is 45.4 Å². The molecule has 0 heterocycles. The second-order valence-electron chi connectivity index (χ2n) is 13.7. The summed E-state index contributed by atoms with van der Waals surface area (Å²) in [6, 6.07) is 0. The molecule has 0 rings (SSSR count). The van der Waals surface area contributed by atoms with Crippen molar-refractivity contribution >= 4 is 0 Å². The van der Waals surface area contributed by atoms with Crippen molar-refractivity contribution in [3.8, 4) is 0 Å². The number of nitrogens with two attached hydrogens (primary N) is 1. The summed E-state index contributed by atoms with van der Waals surface area (Å²) in [5, 5.41) is 3.52. The Balaban J connectivity index is 4.79. The van der Waals surface area contributed by atoms with Crippen LogP contribution in [0.1, 0.15) is 170 Å². The summed E-state index contributed by atoms with van der Waals surface area (Å²) in [6.07, 6.45) is 24.5. The lowest BCUT2D eigenvalue weighted by molar-refractivity contribution is -0.383. The Hall–Kier alpha value is -0.200. The zero-order valence-electron chi connectivity index (χ0n) is 28.9. The van der Waals surface area contributed by atoms with Gasteiger partial charge in [-0.15, -0.1) is 0 Å². The van der Waals surface area contributed by atoms with E-state index in [4.69, 9.17) is 19.9 Å². The normalized spacial score (nSPS) is 12.4. The largest absolute Gasteiger partial charge is 0.330 e. The molecule has 0 aromatic heterocycles. The van der Waals surface area contributed by atoms with Crippen LogP contribution in [0.2, 0.25) is 0 Å². The minimum Gasteiger partial charge on any atom is -0.330 e. The number of rotatable bonds is 33. The first-order valence-corrected chi connectivity index (χ1v) is 18.1. The SMILES string of the molecule is CC(C)CCCCCCCOC(CCNCCCN)(OCCCCCCCC(C)C)OCCCCCCCC(C)C. The van der Waals surface area contributed by atoms with Crippen LogP contribution in [0.5, 0.6) is 0 Å². The molecule has 41 heavy (non-hydrogen) atoms. The maximum atomic E-state index is 6.51. The molecule has 0 aliphatic rings. The maximum Gasteiger partial charge on any atom is 0.284 e. The van der Waals surface area contributed by atoms with Crippen LogP contribution in [-0.2, 0) is 14.2 Å². The Morgan fingerprint density at radius 2 is 0.805 bits per heavy atom. The van der Waals surface area contributed by atoms with E-state index in [0.29, 0.717) is 26.4 Å². The molecule has 0 aliphatic carbocycles. The highest BCUT2D eigenvalue weighted by Crippen LogP contribution is 2.23. The van der Waals surface area contributed by atoms with Gasteiger partial charge in [0.25, 0.3) is 5.97 Å². The average Bonchev–Trinajstić information content (AvgIpc) is 2.92. The first-order valence-electron chi connectivity index (χ1n) is 18.1. The molecule has 0 radical (unpaired) electrons. The van der Waals surface area contributed by atoms with E-state index >= 15 is 0 Å². The van der Waals surface area contributed by atoms with Gasteiger partial charge in [-0.25, -0.2) is 0 Å². The van der Waals surface area contributed by atoms with Gasteiger partial charge >= 0.3 is 0 Å². The van der Waals surface area contributed by atoms with Crippen molar-refractivity contribution < 1.29 is 14.2 Å². The van der Waals surface area contributed by atoms with E-state index in [2.05, 4.69) is 46.9 Å². The van der Waals surface area contributed by atoms with Gasteiger partial charge in [0, 0.05) is 13.0 Å². The third kappa shape index (κ3) is 29.6. The fourth-order valence-corrected chi connectivity index (χ4v) is 5.17. The number of nitrogens with one attached hydrogen (secondary N) is 1. The minimum absolute atomic E-state index is 0.706. The lowest BCUT2D eigenvalue weighted by Gasteiger charge is -2.34. The number of unbranched alkanes of at least 4 members (excludes halogenated alkanes) is 12. The molecule has 3 N–H and O–H groups in total. The molecule has 0 aromatic rings. The second-order valence-corrected chi connectivity index (χ2v) is 13.7. The summed E-state index contributed by atoms with van der Waals surface area (Å²) in [6.45, 7) is 18.5. The van der Waals surface area contributed by atoms with Crippen molar-refractivity contribution in [3.05, 3.63) is 0 Å². The van der Waals surface area contributed by atoms with Gasteiger partial charge in [0.1, 0.15) is 0 Å². The Bertz CT molecular complexity index is 453. The first kappa shape index (κ1) is 40.8. The first-order chi connectivity index (χ1) is 19.8. The van der Waals surface area contributed by atoms with Gasteiger partial charge < -0.3 is 25.3 Å². The molecule has 0 saturated heterocycles. The summed E-state index contributed by atoms with van der Waals surface area (Å²) >= 11 is 0. The maximum absolute atomic E-state index is 6.51. The van der Waals surface area contributed by atoms with Crippen molar-refractivity contribution in [2.75, 3.05) is 39.5 Å². The van der Waals surface area contributed by atoms with E-state index < -0.39 is 5.97 Å². The van der Waals surface area contributed by atoms with E-state index in [1.165, 1.54) is 96.3 Å². The second kappa shape index (κ2) is 29.9. The van der Waals surface area contributed by atoms with Crippen molar-refractivity contribution in [2.24, 2.45) is 23.5 Å². The molecule has 0 aromatic carbocycles. The summed E-state index contributed by atoms with van der Waals surface area (Å²) in [7, 11) is 0. The molecule has 0 bridgehead atoms. The van der Waals surface area contributed by atoms with Gasteiger partial charge in [-0.3, -0.25) is 0 Å². The van der Waals surface area contributed by atoms with Crippen LogP contribution >= 0.6 is 0 Å². The van der Waals surface area contributed by atoms with Crippen LogP contribution < -0.4 is 11.1 Å². The van der Waals surface area contributed by atoms with Crippen molar-refractivity contribution in [1.29, 1.82) is 0 Å². The Morgan fingerprint density at radius 3 is 1.15 bits per heavy atom. The van der Waals surface area contributed by atoms with Crippen LogP contribution in [0.4, 0.5) is 0 Å².